The fraction of sp³-hybridized carbons (Fsp3) is 0.350. The first-order valence-corrected chi connectivity index (χ1v) is 9.29. The number of aromatic nitrogens is 2. The van der Waals surface area contributed by atoms with Crippen LogP contribution < -0.4 is 5.32 Å². The van der Waals surface area contributed by atoms with Gasteiger partial charge in [0.1, 0.15) is 12.9 Å². The first kappa shape index (κ1) is 18.1. The highest BCUT2D eigenvalue weighted by molar-refractivity contribution is 6.00. The number of carbonyl (C=O) groups is 2. The van der Waals surface area contributed by atoms with Gasteiger partial charge in [-0.3, -0.25) is 9.59 Å². The second kappa shape index (κ2) is 7.75. The van der Waals surface area contributed by atoms with Crippen LogP contribution in [0.25, 0.3) is 10.9 Å². The Morgan fingerprint density at radius 2 is 2.29 bits per heavy atom. The zero-order chi connectivity index (χ0) is 19.5. The zero-order valence-corrected chi connectivity index (χ0v) is 15.6. The Bertz CT molecular complexity index is 985. The molecule has 144 valence electrons. The van der Waals surface area contributed by atoms with Crippen molar-refractivity contribution in [3.8, 4) is 0 Å². The average molecular weight is 379 g/mol. The van der Waals surface area contributed by atoms with Gasteiger partial charge in [-0.05, 0) is 43.4 Å². The molecule has 1 aliphatic heterocycles. The molecule has 1 aromatic carbocycles. The van der Waals surface area contributed by atoms with Gasteiger partial charge < -0.3 is 10.1 Å². The van der Waals surface area contributed by atoms with Crippen LogP contribution in [0, 0.1) is 5.92 Å². The molecule has 1 unspecified atom stereocenters. The van der Waals surface area contributed by atoms with E-state index in [9.17, 15) is 9.59 Å². The number of ether oxygens (including phenoxy) is 1. The lowest BCUT2D eigenvalue weighted by atomic mass is 9.91. The minimum atomic E-state index is -0.338. The van der Waals surface area contributed by atoms with E-state index in [1.54, 1.807) is 18.3 Å². The van der Waals surface area contributed by atoms with Crippen molar-refractivity contribution < 1.29 is 14.3 Å². The van der Waals surface area contributed by atoms with Crippen LogP contribution in [0.1, 0.15) is 26.2 Å². The number of hydrazone groups is 1. The molecule has 28 heavy (non-hydrogen) atoms. The number of allylic oxidation sites excluding steroid dienone is 1. The molecule has 2 heterocycles. The van der Waals surface area contributed by atoms with Gasteiger partial charge in [-0.2, -0.15) is 0 Å². The van der Waals surface area contributed by atoms with Crippen LogP contribution in [-0.4, -0.2) is 45.8 Å². The molecule has 1 N–H and O–H groups in total. The van der Waals surface area contributed by atoms with Crippen molar-refractivity contribution in [1.82, 2.24) is 15.0 Å². The first-order chi connectivity index (χ1) is 13.6. The van der Waals surface area contributed by atoms with E-state index in [-0.39, 0.29) is 25.0 Å². The van der Waals surface area contributed by atoms with Crippen LogP contribution in [0.15, 0.2) is 47.5 Å². The smallest absolute Gasteiger partial charge is 0.281 e. The van der Waals surface area contributed by atoms with E-state index in [2.05, 4.69) is 33.4 Å². The summed E-state index contributed by atoms with van der Waals surface area (Å²) < 4.78 is 5.49. The summed E-state index contributed by atoms with van der Waals surface area (Å²) in [5.74, 6) is 0.415. The quantitative estimate of drug-likeness (QED) is 0.880. The fourth-order valence-electron chi connectivity index (χ4n) is 3.23. The van der Waals surface area contributed by atoms with E-state index in [1.165, 1.54) is 11.3 Å². The lowest BCUT2D eigenvalue weighted by Crippen LogP contribution is -2.41. The number of rotatable bonds is 4. The molecular formula is C20H21N5O3. The molecule has 0 saturated carbocycles. The number of hydrogen-bond acceptors (Lipinski definition) is 6. The van der Waals surface area contributed by atoms with E-state index < -0.39 is 0 Å². The minimum Gasteiger partial charge on any atom is -0.466 e. The predicted molar refractivity (Wildman–Crippen MR) is 104 cm³/mol. The van der Waals surface area contributed by atoms with Crippen molar-refractivity contribution in [2.75, 3.05) is 18.5 Å². The van der Waals surface area contributed by atoms with E-state index in [1.807, 2.05) is 6.07 Å². The van der Waals surface area contributed by atoms with Gasteiger partial charge in [-0.1, -0.05) is 13.0 Å². The standard InChI is InChI=1S/C20H21N5O3/c1-13-2-4-14(5-3-13)20-24-25(19(27)11-28-20)10-18(26)23-16-7-6-15-9-21-12-22-17(15)8-16/h4,6-9,12-13H,2-3,5,10-11H2,1H3,(H,23,26). The summed E-state index contributed by atoms with van der Waals surface area (Å²) in [4.78, 5) is 32.7. The largest absolute Gasteiger partial charge is 0.466 e. The van der Waals surface area contributed by atoms with Gasteiger partial charge in [0.15, 0.2) is 6.61 Å². The van der Waals surface area contributed by atoms with Crippen molar-refractivity contribution in [2.45, 2.75) is 26.2 Å². The third-order valence-corrected chi connectivity index (χ3v) is 4.86. The van der Waals surface area contributed by atoms with Crippen molar-refractivity contribution in [3.05, 3.63) is 42.4 Å². The highest BCUT2D eigenvalue weighted by atomic mass is 16.5. The number of nitrogens with zero attached hydrogens (tertiary/aromatic N) is 4. The normalized spacial score (nSPS) is 19.7. The third-order valence-electron chi connectivity index (χ3n) is 4.86. The summed E-state index contributed by atoms with van der Waals surface area (Å²) in [7, 11) is 0. The highest BCUT2D eigenvalue weighted by Gasteiger charge is 2.26. The second-order valence-corrected chi connectivity index (χ2v) is 7.10. The number of amides is 2. The molecular weight excluding hydrogens is 358 g/mol. The third kappa shape index (κ3) is 4.00. The Balaban J connectivity index is 1.44. The van der Waals surface area contributed by atoms with Gasteiger partial charge >= 0.3 is 0 Å². The minimum absolute atomic E-state index is 0.105. The van der Waals surface area contributed by atoms with E-state index >= 15 is 0 Å². The average Bonchev–Trinajstić information content (AvgIpc) is 2.70. The van der Waals surface area contributed by atoms with Gasteiger partial charge in [-0.15, -0.1) is 5.10 Å². The topological polar surface area (TPSA) is 96.8 Å². The Hall–Kier alpha value is -3.29. The molecule has 0 saturated heterocycles. The molecule has 4 rings (SSSR count). The molecule has 2 amide bonds. The first-order valence-electron chi connectivity index (χ1n) is 9.29. The second-order valence-electron chi connectivity index (χ2n) is 7.10. The van der Waals surface area contributed by atoms with Gasteiger partial charge in [0, 0.05) is 22.8 Å². The Morgan fingerprint density at radius 3 is 3.11 bits per heavy atom. The summed E-state index contributed by atoms with van der Waals surface area (Å²) in [6.07, 6.45) is 8.17. The van der Waals surface area contributed by atoms with Crippen LogP contribution in [-0.2, 0) is 14.3 Å². The summed E-state index contributed by atoms with van der Waals surface area (Å²) in [6.45, 7) is 1.93. The molecule has 2 aromatic rings. The van der Waals surface area contributed by atoms with Gasteiger partial charge in [0.25, 0.3) is 5.91 Å². The van der Waals surface area contributed by atoms with E-state index in [0.717, 1.165) is 35.7 Å². The van der Waals surface area contributed by atoms with Crippen LogP contribution in [0.3, 0.4) is 0 Å². The number of carbonyl (C=O) groups excluding carboxylic acids is 2. The number of hydrogen-bond donors (Lipinski definition) is 1. The maximum absolute atomic E-state index is 12.4. The van der Waals surface area contributed by atoms with Gasteiger partial charge in [0.05, 0.1) is 5.52 Å². The van der Waals surface area contributed by atoms with Crippen LogP contribution >= 0.6 is 0 Å². The van der Waals surface area contributed by atoms with Crippen molar-refractivity contribution in [3.63, 3.8) is 0 Å². The maximum atomic E-state index is 12.4. The van der Waals surface area contributed by atoms with Crippen molar-refractivity contribution in [2.24, 2.45) is 11.0 Å². The molecule has 0 radical (unpaired) electrons. The summed E-state index contributed by atoms with van der Waals surface area (Å²) in [6, 6.07) is 5.36. The lowest BCUT2D eigenvalue weighted by molar-refractivity contribution is -0.138. The number of fused-ring (bicyclic) bond motifs is 1. The molecule has 2 aliphatic rings. The molecule has 0 bridgehead atoms. The molecule has 1 aliphatic carbocycles. The summed E-state index contributed by atoms with van der Waals surface area (Å²) in [5.41, 5.74) is 2.34. The monoisotopic (exact) mass is 379 g/mol. The highest BCUT2D eigenvalue weighted by Crippen LogP contribution is 2.25. The number of anilines is 1. The predicted octanol–water partition coefficient (Wildman–Crippen LogP) is 2.49. The molecule has 1 atom stereocenters. The number of benzene rings is 1. The van der Waals surface area contributed by atoms with E-state index in [4.69, 9.17) is 4.74 Å². The number of nitrogens with one attached hydrogen (secondary N) is 1. The van der Waals surface area contributed by atoms with Crippen molar-refractivity contribution in [1.29, 1.82) is 0 Å². The van der Waals surface area contributed by atoms with Gasteiger partial charge in [0.2, 0.25) is 11.8 Å². The lowest BCUT2D eigenvalue weighted by Gasteiger charge is -2.26. The summed E-state index contributed by atoms with van der Waals surface area (Å²) in [5, 5.41) is 9.12. The van der Waals surface area contributed by atoms with Crippen LogP contribution in [0.4, 0.5) is 5.69 Å². The van der Waals surface area contributed by atoms with Crippen LogP contribution in [0.5, 0.6) is 0 Å². The van der Waals surface area contributed by atoms with Crippen molar-refractivity contribution >= 4 is 34.3 Å². The SMILES string of the molecule is CC1CC=C(C2=NN(CC(=O)Nc3ccc4cncnc4c3)C(=O)CO2)CC1. The Kier molecular flexibility index (Phi) is 5.01. The summed E-state index contributed by atoms with van der Waals surface area (Å²) >= 11 is 0. The molecule has 8 nitrogen and oxygen atoms in total. The molecule has 0 fully saturated rings. The Labute approximate surface area is 162 Å². The van der Waals surface area contributed by atoms with E-state index in [0.29, 0.717) is 17.5 Å². The molecule has 8 heteroatoms. The zero-order valence-electron chi connectivity index (χ0n) is 15.6. The molecule has 0 spiro atoms. The fourth-order valence-corrected chi connectivity index (χ4v) is 3.23. The molecule has 1 aromatic heterocycles. The maximum Gasteiger partial charge on any atom is 0.281 e. The Morgan fingerprint density at radius 1 is 1.39 bits per heavy atom. The van der Waals surface area contributed by atoms with Gasteiger partial charge in [-0.25, -0.2) is 15.0 Å². The van der Waals surface area contributed by atoms with Crippen LogP contribution in [0.2, 0.25) is 0 Å².